The highest BCUT2D eigenvalue weighted by molar-refractivity contribution is 7.61. The maximum Gasteiger partial charge on any atom is 0.443 e. The molecule has 4 bridgehead atoms. The molecule has 0 aromatic carbocycles. The summed E-state index contributed by atoms with van der Waals surface area (Å²) >= 11 is 0. The third-order valence-electron chi connectivity index (χ3n) is 4.88. The quantitative estimate of drug-likeness (QED) is 0.388. The van der Waals surface area contributed by atoms with E-state index in [1.54, 1.807) is 0 Å². The number of ether oxygens (including phenoxy) is 3. The molecular weight excluding hydrogens is 451 g/mol. The SMILES string of the molecule is CCP1C2(C(F)(F)F)CC3(C(F)(F)F)OC(C(F)(F)F)(CC1(C(F)(F)F)O3)O2. The van der Waals surface area contributed by atoms with Crippen LogP contribution in [0.5, 0.6) is 0 Å². The van der Waals surface area contributed by atoms with E-state index >= 15 is 0 Å². The van der Waals surface area contributed by atoms with Crippen molar-refractivity contribution >= 4 is 7.92 Å². The molecule has 4 saturated heterocycles. The van der Waals surface area contributed by atoms with Gasteiger partial charge in [-0.05, 0) is 14.1 Å². The molecule has 0 saturated carbocycles. The summed E-state index contributed by atoms with van der Waals surface area (Å²) in [5.41, 5.74) is 0. The zero-order chi connectivity index (χ0) is 21.8. The maximum absolute atomic E-state index is 13.8. The predicted octanol–water partition coefficient (Wildman–Crippen LogP) is 5.39. The monoisotopic (exact) mass is 460 g/mol. The number of hydrogen-bond acceptors (Lipinski definition) is 3. The van der Waals surface area contributed by atoms with Gasteiger partial charge in [-0.3, -0.25) is 0 Å². The van der Waals surface area contributed by atoms with Crippen molar-refractivity contribution < 1.29 is 66.9 Å². The number of rotatable bonds is 1. The van der Waals surface area contributed by atoms with Crippen molar-refractivity contribution in [3.8, 4) is 0 Å². The van der Waals surface area contributed by atoms with Gasteiger partial charge >= 0.3 is 24.7 Å². The molecule has 0 N–H and O–H groups in total. The topological polar surface area (TPSA) is 27.7 Å². The van der Waals surface area contributed by atoms with Gasteiger partial charge in [0, 0.05) is 0 Å². The summed E-state index contributed by atoms with van der Waals surface area (Å²) in [4.78, 5) is 0. The van der Waals surface area contributed by atoms with E-state index in [-0.39, 0.29) is 0 Å². The first kappa shape index (κ1) is 22.2. The summed E-state index contributed by atoms with van der Waals surface area (Å²) in [6, 6.07) is 0. The van der Waals surface area contributed by atoms with Crippen LogP contribution in [0, 0.1) is 0 Å². The van der Waals surface area contributed by atoms with E-state index in [0.29, 0.717) is 0 Å². The molecule has 0 aromatic rings. The van der Waals surface area contributed by atoms with Crippen LogP contribution >= 0.6 is 7.92 Å². The standard InChI is InChI=1S/C12H9F12O3P/c1-2-28-7(11(19,20)21)3-5(9(13,14)15)25-6(27-7,10(16,17)18)4-8(28,26-5)12(22,23)24/h2-4H2,1H3. The Morgan fingerprint density at radius 2 is 0.929 bits per heavy atom. The van der Waals surface area contributed by atoms with Gasteiger partial charge in [0.2, 0.25) is 0 Å². The van der Waals surface area contributed by atoms with Gasteiger partial charge in [-0.15, -0.1) is 0 Å². The highest BCUT2D eigenvalue weighted by atomic mass is 31.1. The van der Waals surface area contributed by atoms with Gasteiger partial charge in [-0.25, -0.2) is 0 Å². The third kappa shape index (κ3) is 2.41. The molecule has 0 amide bonds. The van der Waals surface area contributed by atoms with E-state index in [0.717, 1.165) is 6.92 Å². The van der Waals surface area contributed by atoms with Gasteiger partial charge < -0.3 is 14.2 Å². The van der Waals surface area contributed by atoms with Crippen LogP contribution in [0.15, 0.2) is 0 Å². The fraction of sp³-hybridized carbons (Fsp3) is 1.00. The average Bonchev–Trinajstić information content (AvgIpc) is 2.41. The van der Waals surface area contributed by atoms with Crippen molar-refractivity contribution in [2.24, 2.45) is 0 Å². The molecule has 4 rings (SSSR count). The molecule has 4 unspecified atom stereocenters. The number of hydrogen-bond donors (Lipinski definition) is 0. The first-order chi connectivity index (χ1) is 12.2. The van der Waals surface area contributed by atoms with Crippen LogP contribution in [0.3, 0.4) is 0 Å². The smallest absolute Gasteiger partial charge is 0.321 e. The number of alkyl halides is 12. The number of halogens is 12. The highest BCUT2D eigenvalue weighted by Gasteiger charge is 2.93. The van der Waals surface area contributed by atoms with Crippen molar-refractivity contribution in [2.75, 3.05) is 6.16 Å². The fourth-order valence-electron chi connectivity index (χ4n) is 3.86. The van der Waals surface area contributed by atoms with E-state index in [1.165, 1.54) is 0 Å². The zero-order valence-corrected chi connectivity index (χ0v) is 14.2. The molecule has 0 spiro atoms. The average molecular weight is 460 g/mol. The molecule has 4 aliphatic heterocycles. The van der Waals surface area contributed by atoms with Crippen molar-refractivity contribution in [1.29, 1.82) is 0 Å². The lowest BCUT2D eigenvalue weighted by molar-refractivity contribution is -0.591. The van der Waals surface area contributed by atoms with Crippen LogP contribution in [-0.4, -0.2) is 53.1 Å². The Morgan fingerprint density at radius 1 is 0.607 bits per heavy atom. The van der Waals surface area contributed by atoms with Crippen LogP contribution < -0.4 is 0 Å². The lowest BCUT2D eigenvalue weighted by atomic mass is 9.93. The van der Waals surface area contributed by atoms with Crippen molar-refractivity contribution in [2.45, 2.75) is 66.7 Å². The van der Waals surface area contributed by atoms with E-state index in [2.05, 4.69) is 14.2 Å². The Morgan fingerprint density at radius 3 is 1.14 bits per heavy atom. The van der Waals surface area contributed by atoms with Gasteiger partial charge in [0.1, 0.15) is 0 Å². The summed E-state index contributed by atoms with van der Waals surface area (Å²) in [6.45, 7) is 0.781. The van der Waals surface area contributed by atoms with E-state index in [4.69, 9.17) is 0 Å². The second-order valence-corrected chi connectivity index (χ2v) is 9.40. The second kappa shape index (κ2) is 5.38. The summed E-state index contributed by atoms with van der Waals surface area (Å²) in [5.74, 6) is -9.59. The molecule has 164 valence electrons. The van der Waals surface area contributed by atoms with Gasteiger partial charge in [0.25, 0.3) is 11.6 Å². The van der Waals surface area contributed by atoms with Crippen molar-refractivity contribution in [3.63, 3.8) is 0 Å². The van der Waals surface area contributed by atoms with E-state index in [9.17, 15) is 52.7 Å². The van der Waals surface area contributed by atoms with Crippen LogP contribution in [0.1, 0.15) is 19.8 Å². The predicted molar refractivity (Wildman–Crippen MR) is 65.1 cm³/mol. The van der Waals surface area contributed by atoms with Crippen LogP contribution in [0.2, 0.25) is 0 Å². The Kier molecular flexibility index (Phi) is 4.26. The van der Waals surface area contributed by atoms with E-state index in [1.807, 2.05) is 0 Å². The summed E-state index contributed by atoms with van der Waals surface area (Å²) in [7, 11) is -3.78. The maximum atomic E-state index is 13.8. The first-order valence-electron chi connectivity index (χ1n) is 7.38. The minimum absolute atomic E-state index is 0.781. The lowest BCUT2D eigenvalue weighted by Crippen LogP contribution is -2.84. The third-order valence-corrected chi connectivity index (χ3v) is 8.26. The zero-order valence-electron chi connectivity index (χ0n) is 13.3. The van der Waals surface area contributed by atoms with Crippen LogP contribution in [0.25, 0.3) is 0 Å². The largest absolute Gasteiger partial charge is 0.443 e. The van der Waals surface area contributed by atoms with Gasteiger partial charge in [-0.2, -0.15) is 52.7 Å². The summed E-state index contributed by atoms with van der Waals surface area (Å²) in [6.07, 6.45) is -30.2. The second-order valence-electron chi connectivity index (χ2n) is 6.47. The molecular formula is C12H9F12O3P. The van der Waals surface area contributed by atoms with Crippen LogP contribution in [-0.2, 0) is 14.2 Å². The van der Waals surface area contributed by atoms with Gasteiger partial charge in [0.05, 0.1) is 12.8 Å². The van der Waals surface area contributed by atoms with Crippen molar-refractivity contribution in [1.82, 2.24) is 0 Å². The highest BCUT2D eigenvalue weighted by Crippen LogP contribution is 2.84. The summed E-state index contributed by atoms with van der Waals surface area (Å²) < 4.78 is 176. The molecule has 4 atom stereocenters. The van der Waals surface area contributed by atoms with Crippen molar-refractivity contribution in [3.05, 3.63) is 0 Å². The van der Waals surface area contributed by atoms with Crippen LogP contribution in [0.4, 0.5) is 52.7 Å². The lowest BCUT2D eigenvalue weighted by Gasteiger charge is -2.70. The molecule has 3 nitrogen and oxygen atoms in total. The molecule has 16 heteroatoms. The molecule has 4 aliphatic rings. The summed E-state index contributed by atoms with van der Waals surface area (Å²) in [5, 5.41) is -8.77. The molecule has 0 radical (unpaired) electrons. The molecule has 28 heavy (non-hydrogen) atoms. The molecule has 0 aromatic heterocycles. The van der Waals surface area contributed by atoms with Gasteiger partial charge in [0.15, 0.2) is 10.7 Å². The Bertz CT molecular complexity index is 597. The minimum Gasteiger partial charge on any atom is -0.321 e. The molecule has 0 aliphatic carbocycles. The fourth-order valence-corrected chi connectivity index (χ4v) is 7.39. The Hall–Kier alpha value is -0.530. The molecule has 4 fully saturated rings. The Balaban J connectivity index is 2.41. The minimum atomic E-state index is -6.14. The normalized spacial score (nSPS) is 44.2. The van der Waals surface area contributed by atoms with E-state index < -0.39 is 73.9 Å². The first-order valence-corrected chi connectivity index (χ1v) is 8.90. The molecule has 4 heterocycles. The Labute approximate surface area is 149 Å². The van der Waals surface area contributed by atoms with Gasteiger partial charge in [-0.1, -0.05) is 6.92 Å².